The molecule has 8 nitrogen and oxygen atoms in total. The van der Waals surface area contributed by atoms with Crippen LogP contribution in [0.4, 0.5) is 5.69 Å². The van der Waals surface area contributed by atoms with Crippen LogP contribution in [0.2, 0.25) is 0 Å². The van der Waals surface area contributed by atoms with Crippen molar-refractivity contribution in [3.63, 3.8) is 0 Å². The Morgan fingerprint density at radius 1 is 1.03 bits per heavy atom. The van der Waals surface area contributed by atoms with Gasteiger partial charge in [-0.2, -0.15) is 4.31 Å². The van der Waals surface area contributed by atoms with Gasteiger partial charge in [-0.1, -0.05) is 30.3 Å². The van der Waals surface area contributed by atoms with Crippen molar-refractivity contribution in [2.45, 2.75) is 36.7 Å². The van der Waals surface area contributed by atoms with Crippen molar-refractivity contribution in [2.24, 2.45) is 5.73 Å². The van der Waals surface area contributed by atoms with Crippen molar-refractivity contribution in [1.29, 1.82) is 0 Å². The van der Waals surface area contributed by atoms with E-state index in [2.05, 4.69) is 5.32 Å². The number of nitrogens with one attached hydrogen (secondary N) is 1. The molecule has 4 rings (SSSR count). The number of rotatable bonds is 6. The first kappa shape index (κ1) is 21.5. The van der Waals surface area contributed by atoms with Gasteiger partial charge in [0.05, 0.1) is 17.5 Å². The Kier molecular flexibility index (Phi) is 6.08. The fourth-order valence-corrected chi connectivity index (χ4v) is 5.78. The van der Waals surface area contributed by atoms with Gasteiger partial charge in [0.2, 0.25) is 21.8 Å². The first-order chi connectivity index (χ1) is 14.8. The summed E-state index contributed by atoms with van der Waals surface area (Å²) in [6, 6.07) is 13.5. The van der Waals surface area contributed by atoms with Crippen LogP contribution in [0.3, 0.4) is 0 Å². The van der Waals surface area contributed by atoms with Gasteiger partial charge in [0.25, 0.3) is 0 Å². The maximum atomic E-state index is 12.8. The molecule has 9 heteroatoms. The van der Waals surface area contributed by atoms with Gasteiger partial charge in [0.15, 0.2) is 0 Å². The average Bonchev–Trinajstić information content (AvgIpc) is 3.29. The van der Waals surface area contributed by atoms with E-state index in [4.69, 9.17) is 5.73 Å². The van der Waals surface area contributed by atoms with E-state index < -0.39 is 22.0 Å². The number of hydrogen-bond acceptors (Lipinski definition) is 5. The molecule has 1 atom stereocenters. The first-order valence-electron chi connectivity index (χ1n) is 10.3. The molecule has 0 bridgehead atoms. The van der Waals surface area contributed by atoms with Crippen LogP contribution in [0, 0.1) is 0 Å². The minimum atomic E-state index is -3.57. The number of benzene rings is 2. The van der Waals surface area contributed by atoms with Gasteiger partial charge >= 0.3 is 0 Å². The topological polar surface area (TPSA) is 113 Å². The van der Waals surface area contributed by atoms with Gasteiger partial charge in [-0.05, 0) is 48.6 Å². The second kappa shape index (κ2) is 8.78. The maximum Gasteiger partial charge on any atom is 0.243 e. The zero-order valence-electron chi connectivity index (χ0n) is 17.2. The van der Waals surface area contributed by atoms with E-state index in [1.54, 1.807) is 17.0 Å². The molecule has 31 heavy (non-hydrogen) atoms. The summed E-state index contributed by atoms with van der Waals surface area (Å²) in [6.45, 7) is 1.46. The smallest absolute Gasteiger partial charge is 0.243 e. The Bertz CT molecular complexity index is 1100. The van der Waals surface area contributed by atoms with Crippen LogP contribution in [0.5, 0.6) is 0 Å². The summed E-state index contributed by atoms with van der Waals surface area (Å²) >= 11 is 0. The molecule has 1 saturated heterocycles. The molecule has 2 amide bonds. The Balaban J connectivity index is 1.47. The largest absolute Gasteiger partial charge is 0.368 e. The highest BCUT2D eigenvalue weighted by atomic mass is 32.2. The molecule has 2 heterocycles. The van der Waals surface area contributed by atoms with Crippen molar-refractivity contribution in [3.8, 4) is 0 Å². The summed E-state index contributed by atoms with van der Waals surface area (Å²) in [5.74, 6) is -0.803. The fourth-order valence-electron chi connectivity index (χ4n) is 4.22. The predicted octanol–water partition coefficient (Wildman–Crippen LogP) is 1.32. The number of carbonyl (C=O) groups excluding carboxylic acids is 2. The third kappa shape index (κ3) is 4.63. The molecule has 2 aliphatic heterocycles. The molecular weight excluding hydrogens is 416 g/mol. The molecule has 0 aliphatic carbocycles. The summed E-state index contributed by atoms with van der Waals surface area (Å²) in [6.07, 6.45) is 2.17. The summed E-state index contributed by atoms with van der Waals surface area (Å²) in [5, 5.41) is 2.76. The Morgan fingerprint density at radius 3 is 2.45 bits per heavy atom. The van der Waals surface area contributed by atoms with Crippen molar-refractivity contribution >= 4 is 27.5 Å². The summed E-state index contributed by atoms with van der Waals surface area (Å²) < 4.78 is 27.0. The molecule has 2 aromatic rings. The number of sulfonamides is 1. The van der Waals surface area contributed by atoms with Crippen LogP contribution in [-0.2, 0) is 32.6 Å². The van der Waals surface area contributed by atoms with Gasteiger partial charge in [0, 0.05) is 25.3 Å². The number of primary amides is 1. The third-order valence-corrected chi connectivity index (χ3v) is 7.74. The van der Waals surface area contributed by atoms with E-state index in [0.29, 0.717) is 31.7 Å². The van der Waals surface area contributed by atoms with Crippen molar-refractivity contribution < 1.29 is 18.0 Å². The molecule has 2 aliphatic rings. The van der Waals surface area contributed by atoms with Gasteiger partial charge in [-0.3, -0.25) is 14.5 Å². The van der Waals surface area contributed by atoms with E-state index in [9.17, 15) is 18.0 Å². The molecule has 1 fully saturated rings. The molecule has 164 valence electrons. The van der Waals surface area contributed by atoms with Crippen LogP contribution in [0.1, 0.15) is 24.0 Å². The molecule has 3 N–H and O–H groups in total. The average molecular weight is 443 g/mol. The van der Waals surface area contributed by atoms with Gasteiger partial charge in [-0.15, -0.1) is 0 Å². The first-order valence-corrected chi connectivity index (χ1v) is 11.8. The lowest BCUT2D eigenvalue weighted by Gasteiger charge is -2.34. The number of hydrogen-bond donors (Lipinski definition) is 2. The number of nitrogens with zero attached hydrogens (tertiary/aromatic N) is 2. The molecule has 2 aromatic carbocycles. The van der Waals surface area contributed by atoms with Gasteiger partial charge < -0.3 is 11.1 Å². The third-order valence-electron chi connectivity index (χ3n) is 5.84. The number of fused-ring (bicyclic) bond motifs is 1. The maximum absolute atomic E-state index is 12.8. The Hall–Kier alpha value is -2.75. The number of amides is 2. The quantitative estimate of drug-likeness (QED) is 0.701. The second-order valence-electron chi connectivity index (χ2n) is 7.98. The highest BCUT2D eigenvalue weighted by molar-refractivity contribution is 7.89. The number of anilines is 1. The lowest BCUT2D eigenvalue weighted by molar-refractivity contribution is -0.125. The lowest BCUT2D eigenvalue weighted by atomic mass is 9.93. The molecule has 0 radical (unpaired) electrons. The fraction of sp³-hybridized carbons (Fsp3) is 0.364. The number of nitrogens with two attached hydrogens (primary N) is 1. The molecule has 0 aromatic heterocycles. The monoisotopic (exact) mass is 442 g/mol. The van der Waals surface area contributed by atoms with E-state index >= 15 is 0 Å². The van der Waals surface area contributed by atoms with E-state index in [1.165, 1.54) is 16.4 Å². The Morgan fingerprint density at radius 2 is 1.74 bits per heavy atom. The van der Waals surface area contributed by atoms with E-state index in [-0.39, 0.29) is 17.3 Å². The van der Waals surface area contributed by atoms with Crippen LogP contribution >= 0.6 is 0 Å². The van der Waals surface area contributed by atoms with Crippen LogP contribution in [-0.4, -0.2) is 55.1 Å². The van der Waals surface area contributed by atoms with Gasteiger partial charge in [0.1, 0.15) is 0 Å². The standard InChI is InChI=1S/C22H26N4O4S/c23-22(28)20-12-16-6-1-2-7-17(16)14-25(20)15-21(27)24-18-8-5-9-19(13-18)31(29,30)26-10-3-4-11-26/h1-2,5-9,13,20H,3-4,10-12,14-15H2,(H2,23,28)(H,24,27)/t20-/m1/s1. The zero-order chi connectivity index (χ0) is 22.0. The second-order valence-corrected chi connectivity index (χ2v) is 9.92. The predicted molar refractivity (Wildman–Crippen MR) is 117 cm³/mol. The van der Waals surface area contributed by atoms with Crippen molar-refractivity contribution in [3.05, 3.63) is 59.7 Å². The minimum absolute atomic E-state index is 0.0228. The highest BCUT2D eigenvalue weighted by Gasteiger charge is 2.31. The van der Waals surface area contributed by atoms with Crippen molar-refractivity contribution in [2.75, 3.05) is 25.0 Å². The summed E-state index contributed by atoms with van der Waals surface area (Å²) in [4.78, 5) is 26.6. The highest BCUT2D eigenvalue weighted by Crippen LogP contribution is 2.25. The SMILES string of the molecule is NC(=O)[C@H]1Cc2ccccc2CN1CC(=O)Nc1cccc(S(=O)(=O)N2CCCC2)c1. The minimum Gasteiger partial charge on any atom is -0.368 e. The zero-order valence-corrected chi connectivity index (χ0v) is 18.0. The molecular formula is C22H26N4O4S. The normalized spacial score (nSPS) is 19.7. The van der Waals surface area contributed by atoms with E-state index in [1.807, 2.05) is 24.3 Å². The van der Waals surface area contributed by atoms with Crippen LogP contribution in [0.25, 0.3) is 0 Å². The summed E-state index contributed by atoms with van der Waals surface area (Å²) in [5.41, 5.74) is 8.11. The number of carbonyl (C=O) groups is 2. The molecule has 0 unspecified atom stereocenters. The molecule has 0 spiro atoms. The van der Waals surface area contributed by atoms with Crippen LogP contribution in [0.15, 0.2) is 53.4 Å². The van der Waals surface area contributed by atoms with E-state index in [0.717, 1.165) is 24.0 Å². The summed E-state index contributed by atoms with van der Waals surface area (Å²) in [7, 11) is -3.57. The lowest BCUT2D eigenvalue weighted by Crippen LogP contribution is -2.50. The Labute approximate surface area is 182 Å². The molecule has 0 saturated carbocycles. The van der Waals surface area contributed by atoms with Gasteiger partial charge in [-0.25, -0.2) is 8.42 Å². The van der Waals surface area contributed by atoms with Crippen molar-refractivity contribution in [1.82, 2.24) is 9.21 Å². The van der Waals surface area contributed by atoms with Crippen LogP contribution < -0.4 is 11.1 Å².